The molecule has 1 N–H and O–H groups in total. The normalized spacial score (nSPS) is 20.2. The van der Waals surface area contributed by atoms with Crippen LogP contribution in [0.25, 0.3) is 0 Å². The van der Waals surface area contributed by atoms with Gasteiger partial charge in [0.15, 0.2) is 5.57 Å². The van der Waals surface area contributed by atoms with Crippen molar-refractivity contribution in [2.45, 2.75) is 57.8 Å². The molecule has 0 amide bonds. The first-order chi connectivity index (χ1) is 12.4. The lowest BCUT2D eigenvalue weighted by molar-refractivity contribution is -0.222. The van der Waals surface area contributed by atoms with Crippen LogP contribution in [0.2, 0.25) is 0 Å². The predicted octanol–water partition coefficient (Wildman–Crippen LogP) is 3.67. The van der Waals surface area contributed by atoms with Gasteiger partial charge in [-0.05, 0) is 37.8 Å². The molecule has 3 rings (SSSR count). The average molecular weight is 363 g/mol. The molecule has 2 fully saturated rings. The number of halogens is 1. The fraction of sp³-hybridized carbons (Fsp3) is 0.474. The highest BCUT2D eigenvalue weighted by Gasteiger charge is 2.39. The summed E-state index contributed by atoms with van der Waals surface area (Å²) in [4.78, 5) is 23.9. The molecule has 26 heavy (non-hydrogen) atoms. The van der Waals surface area contributed by atoms with Gasteiger partial charge in [-0.2, -0.15) is 0 Å². The third-order valence-corrected chi connectivity index (χ3v) is 4.30. The molecule has 6 nitrogen and oxygen atoms in total. The van der Waals surface area contributed by atoms with Crippen molar-refractivity contribution in [3.05, 3.63) is 35.8 Å². The molecule has 1 aromatic carbocycles. The summed E-state index contributed by atoms with van der Waals surface area (Å²) in [6.07, 6.45) is 6.31. The third kappa shape index (κ3) is 4.15. The van der Waals surface area contributed by atoms with Gasteiger partial charge in [-0.25, -0.2) is 14.0 Å². The summed E-state index contributed by atoms with van der Waals surface area (Å²) in [6, 6.07) is 4.48. The Kier molecular flexibility index (Phi) is 5.15. The molecule has 7 heteroatoms. The van der Waals surface area contributed by atoms with Crippen molar-refractivity contribution in [3.8, 4) is 5.75 Å². The number of anilines is 1. The van der Waals surface area contributed by atoms with E-state index in [-0.39, 0.29) is 17.4 Å². The smallest absolute Gasteiger partial charge is 0.350 e. The standard InChI is InChI=1S/C19H22FNO5/c1-19(2)25-17(22)13(18(23)26-19)11-21-16-14(20)9-6-10-15(16)24-12-7-4-3-5-8-12/h6,9-12,21H,3-5,7-8H2,1-2H3. The van der Waals surface area contributed by atoms with Crippen molar-refractivity contribution in [2.75, 3.05) is 5.32 Å². The molecule has 0 radical (unpaired) electrons. The number of rotatable bonds is 4. The van der Waals surface area contributed by atoms with Crippen LogP contribution in [0.4, 0.5) is 10.1 Å². The van der Waals surface area contributed by atoms with Crippen molar-refractivity contribution >= 4 is 17.6 Å². The van der Waals surface area contributed by atoms with Gasteiger partial charge in [0.2, 0.25) is 0 Å². The van der Waals surface area contributed by atoms with E-state index in [1.165, 1.54) is 26.3 Å². The Morgan fingerprint density at radius 2 is 1.81 bits per heavy atom. The van der Waals surface area contributed by atoms with E-state index in [0.717, 1.165) is 31.9 Å². The minimum Gasteiger partial charge on any atom is -0.488 e. The molecule has 0 bridgehead atoms. The van der Waals surface area contributed by atoms with Gasteiger partial charge < -0.3 is 19.5 Å². The highest BCUT2D eigenvalue weighted by molar-refractivity contribution is 6.15. The molecule has 0 atom stereocenters. The maximum absolute atomic E-state index is 14.3. The van der Waals surface area contributed by atoms with Crippen molar-refractivity contribution in [2.24, 2.45) is 0 Å². The number of carbonyl (C=O) groups excluding carboxylic acids is 2. The molecule has 0 spiro atoms. The molecular formula is C19H22FNO5. The van der Waals surface area contributed by atoms with Crippen LogP contribution >= 0.6 is 0 Å². The van der Waals surface area contributed by atoms with Crippen LogP contribution in [0.15, 0.2) is 30.0 Å². The van der Waals surface area contributed by atoms with E-state index in [2.05, 4.69) is 5.32 Å². The number of nitrogens with one attached hydrogen (secondary N) is 1. The van der Waals surface area contributed by atoms with Crippen molar-refractivity contribution in [1.82, 2.24) is 0 Å². The van der Waals surface area contributed by atoms with Crippen LogP contribution in [0, 0.1) is 5.82 Å². The van der Waals surface area contributed by atoms with E-state index in [1.807, 2.05) is 0 Å². The van der Waals surface area contributed by atoms with Gasteiger partial charge in [0.25, 0.3) is 5.79 Å². The van der Waals surface area contributed by atoms with E-state index in [1.54, 1.807) is 12.1 Å². The van der Waals surface area contributed by atoms with Crippen molar-refractivity contribution in [3.63, 3.8) is 0 Å². The number of hydrogen-bond acceptors (Lipinski definition) is 6. The summed E-state index contributed by atoms with van der Waals surface area (Å²) in [5.41, 5.74) is -0.271. The Morgan fingerprint density at radius 3 is 2.46 bits per heavy atom. The van der Waals surface area contributed by atoms with Crippen LogP contribution in [0.3, 0.4) is 0 Å². The van der Waals surface area contributed by atoms with E-state index < -0.39 is 23.5 Å². The summed E-state index contributed by atoms with van der Waals surface area (Å²) >= 11 is 0. The number of para-hydroxylation sites is 1. The van der Waals surface area contributed by atoms with Crippen molar-refractivity contribution in [1.29, 1.82) is 0 Å². The molecule has 2 aliphatic rings. The molecule has 0 aromatic heterocycles. The number of esters is 2. The quantitative estimate of drug-likeness (QED) is 0.500. The maximum atomic E-state index is 14.3. The molecular weight excluding hydrogens is 341 g/mol. The highest BCUT2D eigenvalue weighted by atomic mass is 19.1. The van der Waals surface area contributed by atoms with Gasteiger partial charge in [-0.3, -0.25) is 0 Å². The second kappa shape index (κ2) is 7.35. The largest absolute Gasteiger partial charge is 0.488 e. The lowest BCUT2D eigenvalue weighted by Gasteiger charge is -2.29. The van der Waals surface area contributed by atoms with Gasteiger partial charge in [0, 0.05) is 20.0 Å². The summed E-state index contributed by atoms with van der Waals surface area (Å²) < 4.78 is 30.2. The molecule has 1 aliphatic carbocycles. The third-order valence-electron chi connectivity index (χ3n) is 4.30. The first-order valence-electron chi connectivity index (χ1n) is 8.74. The first kappa shape index (κ1) is 18.2. The highest BCUT2D eigenvalue weighted by Crippen LogP contribution is 2.32. The lowest BCUT2D eigenvalue weighted by atomic mass is 9.98. The SMILES string of the molecule is CC1(C)OC(=O)C(=CNc2c(F)cccc2OC2CCCCC2)C(=O)O1. The Balaban J connectivity index is 1.79. The second-order valence-corrected chi connectivity index (χ2v) is 6.87. The maximum Gasteiger partial charge on any atom is 0.350 e. The number of ether oxygens (including phenoxy) is 3. The Bertz CT molecular complexity index is 715. The minimum atomic E-state index is -1.32. The summed E-state index contributed by atoms with van der Waals surface area (Å²) in [7, 11) is 0. The first-order valence-corrected chi connectivity index (χ1v) is 8.74. The fourth-order valence-corrected chi connectivity index (χ4v) is 3.03. The van der Waals surface area contributed by atoms with Gasteiger partial charge in [0.1, 0.15) is 17.3 Å². The van der Waals surface area contributed by atoms with Gasteiger partial charge in [-0.1, -0.05) is 12.5 Å². The van der Waals surface area contributed by atoms with Crippen LogP contribution in [0.1, 0.15) is 46.0 Å². The summed E-state index contributed by atoms with van der Waals surface area (Å²) in [5, 5.41) is 2.67. The van der Waals surface area contributed by atoms with Gasteiger partial charge >= 0.3 is 11.9 Å². The number of cyclic esters (lactones) is 2. The van der Waals surface area contributed by atoms with E-state index in [0.29, 0.717) is 5.75 Å². The van der Waals surface area contributed by atoms with Crippen LogP contribution in [-0.2, 0) is 19.1 Å². The zero-order valence-electron chi connectivity index (χ0n) is 14.8. The zero-order chi connectivity index (χ0) is 18.7. The topological polar surface area (TPSA) is 73.9 Å². The van der Waals surface area contributed by atoms with Gasteiger partial charge in [-0.15, -0.1) is 0 Å². The molecule has 1 saturated heterocycles. The van der Waals surface area contributed by atoms with E-state index in [9.17, 15) is 14.0 Å². The predicted molar refractivity (Wildman–Crippen MR) is 91.9 cm³/mol. The van der Waals surface area contributed by atoms with Gasteiger partial charge in [0.05, 0.1) is 6.10 Å². The zero-order valence-corrected chi connectivity index (χ0v) is 14.8. The number of carbonyl (C=O) groups is 2. The van der Waals surface area contributed by atoms with Crippen molar-refractivity contribution < 1.29 is 28.2 Å². The Morgan fingerprint density at radius 1 is 1.15 bits per heavy atom. The molecule has 140 valence electrons. The number of benzene rings is 1. The number of hydrogen-bond donors (Lipinski definition) is 1. The molecule has 0 unspecified atom stereocenters. The second-order valence-electron chi connectivity index (χ2n) is 6.87. The summed E-state index contributed by atoms with van der Waals surface area (Å²) in [5.74, 6) is -3.19. The molecule has 1 aromatic rings. The van der Waals surface area contributed by atoms with Crippen LogP contribution < -0.4 is 10.1 Å². The molecule has 1 saturated carbocycles. The molecule has 1 aliphatic heterocycles. The minimum absolute atomic E-state index is 0.0316. The van der Waals surface area contributed by atoms with E-state index >= 15 is 0 Å². The Labute approximate surface area is 151 Å². The van der Waals surface area contributed by atoms with Crippen LogP contribution in [-0.4, -0.2) is 23.8 Å². The molecule has 1 heterocycles. The monoisotopic (exact) mass is 363 g/mol. The lowest BCUT2D eigenvalue weighted by Crippen LogP contribution is -2.42. The average Bonchev–Trinajstić information content (AvgIpc) is 2.56. The summed E-state index contributed by atoms with van der Waals surface area (Å²) in [6.45, 7) is 2.92. The van der Waals surface area contributed by atoms with Crippen LogP contribution in [0.5, 0.6) is 5.75 Å². The fourth-order valence-electron chi connectivity index (χ4n) is 3.03. The van der Waals surface area contributed by atoms with E-state index in [4.69, 9.17) is 14.2 Å². The Hall–Kier alpha value is -2.57.